The van der Waals surface area contributed by atoms with Gasteiger partial charge in [0.05, 0.1) is 6.61 Å². The lowest BCUT2D eigenvalue weighted by Crippen LogP contribution is -2.45. The summed E-state index contributed by atoms with van der Waals surface area (Å²) in [4.78, 5) is 2.56. The van der Waals surface area contributed by atoms with Crippen LogP contribution in [0.5, 0.6) is 0 Å². The average molecular weight is 227 g/mol. The minimum absolute atomic E-state index is 0.108. The van der Waals surface area contributed by atoms with Gasteiger partial charge in [-0.25, -0.2) is 0 Å². The number of hydrogen-bond acceptors (Lipinski definition) is 3. The molecule has 0 aromatic carbocycles. The fourth-order valence-electron chi connectivity index (χ4n) is 3.21. The Bertz CT molecular complexity index is 226. The summed E-state index contributed by atoms with van der Waals surface area (Å²) in [6, 6.07) is 0.682. The van der Waals surface area contributed by atoms with Gasteiger partial charge in [0.2, 0.25) is 0 Å². The molecule has 2 heterocycles. The van der Waals surface area contributed by atoms with E-state index in [2.05, 4.69) is 18.7 Å². The Hall–Kier alpha value is -0.120. The first-order valence-corrected chi connectivity index (χ1v) is 6.58. The van der Waals surface area contributed by atoms with Crippen molar-refractivity contribution < 1.29 is 9.84 Å². The van der Waals surface area contributed by atoms with Crippen molar-refractivity contribution in [2.45, 2.75) is 39.2 Å². The minimum atomic E-state index is 0.108. The largest absolute Gasteiger partial charge is 0.396 e. The Morgan fingerprint density at radius 1 is 1.31 bits per heavy atom. The van der Waals surface area contributed by atoms with E-state index in [-0.39, 0.29) is 5.41 Å². The van der Waals surface area contributed by atoms with Crippen molar-refractivity contribution in [2.24, 2.45) is 11.3 Å². The van der Waals surface area contributed by atoms with Crippen LogP contribution >= 0.6 is 0 Å². The molecule has 2 fully saturated rings. The fraction of sp³-hybridized carbons (Fsp3) is 1.00. The predicted molar refractivity (Wildman–Crippen MR) is 64.4 cm³/mol. The van der Waals surface area contributed by atoms with Crippen LogP contribution < -0.4 is 0 Å². The van der Waals surface area contributed by atoms with Crippen LogP contribution in [0, 0.1) is 11.3 Å². The first-order chi connectivity index (χ1) is 7.65. The van der Waals surface area contributed by atoms with Crippen LogP contribution in [0.2, 0.25) is 0 Å². The van der Waals surface area contributed by atoms with Gasteiger partial charge in [-0.15, -0.1) is 0 Å². The van der Waals surface area contributed by atoms with Crippen molar-refractivity contribution in [3.05, 3.63) is 0 Å². The quantitative estimate of drug-likeness (QED) is 0.793. The molecule has 0 radical (unpaired) electrons. The molecule has 0 aliphatic carbocycles. The number of aliphatic hydroxyl groups excluding tert-OH is 1. The van der Waals surface area contributed by atoms with E-state index >= 15 is 0 Å². The Labute approximate surface area is 98.8 Å². The third kappa shape index (κ3) is 2.58. The second-order valence-corrected chi connectivity index (χ2v) is 5.89. The molecule has 94 valence electrons. The summed E-state index contributed by atoms with van der Waals surface area (Å²) in [5, 5.41) is 9.67. The molecular weight excluding hydrogens is 202 g/mol. The molecule has 3 heteroatoms. The number of hydrogen-bond donors (Lipinski definition) is 1. The molecule has 2 unspecified atom stereocenters. The van der Waals surface area contributed by atoms with Crippen LogP contribution in [0.15, 0.2) is 0 Å². The molecule has 16 heavy (non-hydrogen) atoms. The summed E-state index contributed by atoms with van der Waals surface area (Å²) in [6.45, 7) is 8.84. The topological polar surface area (TPSA) is 32.7 Å². The van der Waals surface area contributed by atoms with E-state index in [0.717, 1.165) is 38.5 Å². The third-order valence-corrected chi connectivity index (χ3v) is 4.34. The van der Waals surface area contributed by atoms with Crippen LogP contribution in [0.3, 0.4) is 0 Å². The highest BCUT2D eigenvalue weighted by Gasteiger charge is 2.37. The molecule has 0 saturated carbocycles. The van der Waals surface area contributed by atoms with Gasteiger partial charge in [-0.3, -0.25) is 4.90 Å². The average Bonchev–Trinajstić information content (AvgIpc) is 2.59. The summed E-state index contributed by atoms with van der Waals surface area (Å²) in [5.74, 6) is 0.811. The van der Waals surface area contributed by atoms with Gasteiger partial charge in [0, 0.05) is 37.8 Å². The zero-order valence-corrected chi connectivity index (χ0v) is 10.6. The summed E-state index contributed by atoms with van der Waals surface area (Å²) in [7, 11) is 0. The maximum absolute atomic E-state index is 9.67. The molecule has 3 nitrogen and oxygen atoms in total. The number of rotatable bonds is 3. The van der Waals surface area contributed by atoms with Gasteiger partial charge in [0.1, 0.15) is 0 Å². The molecule has 0 aromatic heterocycles. The van der Waals surface area contributed by atoms with Gasteiger partial charge < -0.3 is 9.84 Å². The van der Waals surface area contributed by atoms with E-state index in [1.54, 1.807) is 0 Å². The molecule has 0 spiro atoms. The van der Waals surface area contributed by atoms with Crippen molar-refractivity contribution in [3.8, 4) is 0 Å². The summed E-state index contributed by atoms with van der Waals surface area (Å²) >= 11 is 0. The van der Waals surface area contributed by atoms with E-state index in [0.29, 0.717) is 12.6 Å². The standard InChI is InChI=1S/C13H25NO2/c1-11-7-12(2)14(8-11)9-13(10-15)3-5-16-6-4-13/h11-12,15H,3-10H2,1-2H3. The van der Waals surface area contributed by atoms with Gasteiger partial charge in [0.15, 0.2) is 0 Å². The van der Waals surface area contributed by atoms with Gasteiger partial charge in [-0.2, -0.15) is 0 Å². The van der Waals surface area contributed by atoms with Gasteiger partial charge in [-0.1, -0.05) is 6.92 Å². The Kier molecular flexibility index (Phi) is 3.88. The zero-order valence-electron chi connectivity index (χ0n) is 10.6. The number of aliphatic hydroxyl groups is 1. The molecule has 0 bridgehead atoms. The van der Waals surface area contributed by atoms with Gasteiger partial charge >= 0.3 is 0 Å². The SMILES string of the molecule is CC1CC(C)N(CC2(CO)CCOCC2)C1. The molecular formula is C13H25NO2. The molecule has 1 N–H and O–H groups in total. The first kappa shape index (κ1) is 12.3. The van der Waals surface area contributed by atoms with Crippen LogP contribution in [0.4, 0.5) is 0 Å². The maximum atomic E-state index is 9.67. The van der Waals surface area contributed by atoms with Crippen LogP contribution in [-0.2, 0) is 4.74 Å². The van der Waals surface area contributed by atoms with Crippen LogP contribution in [0.1, 0.15) is 33.1 Å². The summed E-state index contributed by atoms with van der Waals surface area (Å²) < 4.78 is 5.41. The molecule has 2 aliphatic rings. The highest BCUT2D eigenvalue weighted by atomic mass is 16.5. The zero-order chi connectivity index (χ0) is 11.6. The lowest BCUT2D eigenvalue weighted by molar-refractivity contribution is -0.0355. The Morgan fingerprint density at radius 2 is 2.00 bits per heavy atom. The summed E-state index contributed by atoms with van der Waals surface area (Å²) in [5.41, 5.74) is 0.108. The smallest absolute Gasteiger partial charge is 0.0501 e. The summed E-state index contributed by atoms with van der Waals surface area (Å²) in [6.07, 6.45) is 3.33. The highest BCUT2D eigenvalue weighted by Crippen LogP contribution is 2.34. The highest BCUT2D eigenvalue weighted by molar-refractivity contribution is 4.89. The van der Waals surface area contributed by atoms with Crippen molar-refractivity contribution in [2.75, 3.05) is 32.9 Å². The first-order valence-electron chi connectivity index (χ1n) is 6.58. The van der Waals surface area contributed by atoms with E-state index in [1.165, 1.54) is 13.0 Å². The maximum Gasteiger partial charge on any atom is 0.0501 e. The molecule has 0 aromatic rings. The Morgan fingerprint density at radius 3 is 2.50 bits per heavy atom. The molecule has 2 aliphatic heterocycles. The van der Waals surface area contributed by atoms with Crippen LogP contribution in [-0.4, -0.2) is 49.0 Å². The molecule has 2 saturated heterocycles. The fourth-order valence-corrected chi connectivity index (χ4v) is 3.21. The lowest BCUT2D eigenvalue weighted by Gasteiger charge is -2.39. The van der Waals surface area contributed by atoms with E-state index in [9.17, 15) is 5.11 Å². The number of nitrogens with zero attached hydrogens (tertiary/aromatic N) is 1. The van der Waals surface area contributed by atoms with E-state index < -0.39 is 0 Å². The number of likely N-dealkylation sites (tertiary alicyclic amines) is 1. The van der Waals surface area contributed by atoms with Crippen molar-refractivity contribution in [1.82, 2.24) is 4.90 Å². The van der Waals surface area contributed by atoms with Gasteiger partial charge in [0.25, 0.3) is 0 Å². The van der Waals surface area contributed by atoms with Crippen molar-refractivity contribution in [3.63, 3.8) is 0 Å². The minimum Gasteiger partial charge on any atom is -0.396 e. The molecule has 0 amide bonds. The predicted octanol–water partition coefficient (Wildman–Crippen LogP) is 1.51. The van der Waals surface area contributed by atoms with Gasteiger partial charge in [-0.05, 0) is 32.1 Å². The monoisotopic (exact) mass is 227 g/mol. The third-order valence-electron chi connectivity index (χ3n) is 4.34. The van der Waals surface area contributed by atoms with E-state index in [4.69, 9.17) is 4.74 Å². The Balaban J connectivity index is 1.95. The normalized spacial score (nSPS) is 35.4. The van der Waals surface area contributed by atoms with Crippen LogP contribution in [0.25, 0.3) is 0 Å². The van der Waals surface area contributed by atoms with Crippen molar-refractivity contribution in [1.29, 1.82) is 0 Å². The molecule has 2 atom stereocenters. The number of ether oxygens (including phenoxy) is 1. The van der Waals surface area contributed by atoms with E-state index in [1.807, 2.05) is 0 Å². The second kappa shape index (κ2) is 5.03. The van der Waals surface area contributed by atoms with Crippen molar-refractivity contribution >= 4 is 0 Å². The molecule has 2 rings (SSSR count). The lowest BCUT2D eigenvalue weighted by atomic mass is 9.80. The second-order valence-electron chi connectivity index (χ2n) is 5.89.